The van der Waals surface area contributed by atoms with Gasteiger partial charge in [-0.25, -0.2) is 8.78 Å². The molecule has 0 fully saturated rings. The first kappa shape index (κ1) is 17.4. The molecule has 2 aromatic carbocycles. The van der Waals surface area contributed by atoms with Crippen molar-refractivity contribution in [2.45, 2.75) is 25.9 Å². The third-order valence-corrected chi connectivity index (χ3v) is 4.04. The van der Waals surface area contributed by atoms with Crippen LogP contribution in [0.25, 0.3) is 0 Å². The zero-order valence-electron chi connectivity index (χ0n) is 13.5. The summed E-state index contributed by atoms with van der Waals surface area (Å²) in [4.78, 5) is 2.08. The Kier molecular flexibility index (Phi) is 6.11. The molecule has 0 amide bonds. The fraction of sp³-hybridized carbons (Fsp3) is 0.368. The third-order valence-electron chi connectivity index (χ3n) is 4.04. The van der Waals surface area contributed by atoms with Gasteiger partial charge in [-0.15, -0.1) is 0 Å². The number of halogens is 2. The molecule has 0 spiro atoms. The molecule has 23 heavy (non-hydrogen) atoms. The lowest BCUT2D eigenvalue weighted by Crippen LogP contribution is -2.24. The molecule has 4 heteroatoms. The number of hydrogen-bond donors (Lipinski definition) is 1. The van der Waals surface area contributed by atoms with Crippen molar-refractivity contribution < 1.29 is 13.9 Å². The molecule has 2 nitrogen and oxygen atoms in total. The molecule has 0 heterocycles. The molecule has 2 atom stereocenters. The Balaban J connectivity index is 1.81. The van der Waals surface area contributed by atoms with Gasteiger partial charge in [0.25, 0.3) is 0 Å². The zero-order chi connectivity index (χ0) is 16.8. The van der Waals surface area contributed by atoms with E-state index in [2.05, 4.69) is 11.8 Å². The van der Waals surface area contributed by atoms with Gasteiger partial charge in [-0.05, 0) is 60.7 Å². The van der Waals surface area contributed by atoms with E-state index in [1.165, 1.54) is 24.3 Å². The molecule has 0 saturated carbocycles. The number of aliphatic hydroxyl groups excluding tert-OH is 1. The average Bonchev–Trinajstić information content (AvgIpc) is 2.54. The van der Waals surface area contributed by atoms with Gasteiger partial charge in [0.05, 0.1) is 6.10 Å². The van der Waals surface area contributed by atoms with E-state index < -0.39 is 6.10 Å². The average molecular weight is 319 g/mol. The molecule has 0 aliphatic rings. The van der Waals surface area contributed by atoms with Gasteiger partial charge in [0, 0.05) is 19.3 Å². The van der Waals surface area contributed by atoms with Crippen LogP contribution in [0.4, 0.5) is 14.5 Å². The van der Waals surface area contributed by atoms with Gasteiger partial charge in [-0.1, -0.05) is 19.1 Å². The number of aliphatic hydroxyl groups is 1. The van der Waals surface area contributed by atoms with Crippen LogP contribution in [0.2, 0.25) is 0 Å². The maximum atomic E-state index is 12.9. The number of anilines is 1. The van der Waals surface area contributed by atoms with Crippen LogP contribution in [-0.2, 0) is 0 Å². The summed E-state index contributed by atoms with van der Waals surface area (Å²) in [6.07, 6.45) is 0.905. The minimum absolute atomic E-state index is 0.238. The van der Waals surface area contributed by atoms with Crippen LogP contribution in [0.15, 0.2) is 48.5 Å². The monoisotopic (exact) mass is 319 g/mol. The second-order valence-corrected chi connectivity index (χ2v) is 6.11. The fourth-order valence-electron chi connectivity index (χ4n) is 2.65. The van der Waals surface area contributed by atoms with E-state index >= 15 is 0 Å². The highest BCUT2D eigenvalue weighted by molar-refractivity contribution is 5.45. The Morgan fingerprint density at radius 1 is 0.913 bits per heavy atom. The second kappa shape index (κ2) is 8.06. The Bertz CT molecular complexity index is 598. The molecular weight excluding hydrogens is 296 g/mol. The molecule has 0 saturated heterocycles. The van der Waals surface area contributed by atoms with Gasteiger partial charge in [0.15, 0.2) is 0 Å². The quantitative estimate of drug-likeness (QED) is 0.809. The molecule has 0 radical (unpaired) electrons. The first-order valence-corrected chi connectivity index (χ1v) is 7.86. The largest absolute Gasteiger partial charge is 0.388 e. The standard InChI is InChI=1S/C19H23F2NO/c1-14(13-22(2)18-10-8-17(21)9-11-18)3-12-19(23)15-4-6-16(20)7-5-15/h4-11,14,19,23H,3,12-13H2,1-2H3. The van der Waals surface area contributed by atoms with E-state index in [1.807, 2.05) is 7.05 Å². The summed E-state index contributed by atoms with van der Waals surface area (Å²) in [6.45, 7) is 2.94. The van der Waals surface area contributed by atoms with Crippen molar-refractivity contribution >= 4 is 5.69 Å². The SMILES string of the molecule is CC(CCC(O)c1ccc(F)cc1)CN(C)c1ccc(F)cc1. The topological polar surface area (TPSA) is 23.5 Å². The summed E-state index contributed by atoms with van der Waals surface area (Å²) < 4.78 is 25.8. The van der Waals surface area contributed by atoms with Gasteiger partial charge < -0.3 is 10.0 Å². The number of rotatable bonds is 7. The Hall–Kier alpha value is -1.94. The van der Waals surface area contributed by atoms with Gasteiger partial charge in [-0.2, -0.15) is 0 Å². The van der Waals surface area contributed by atoms with E-state index in [0.29, 0.717) is 12.3 Å². The van der Waals surface area contributed by atoms with Crippen LogP contribution in [0.5, 0.6) is 0 Å². The second-order valence-electron chi connectivity index (χ2n) is 6.11. The van der Waals surface area contributed by atoms with E-state index in [0.717, 1.165) is 24.2 Å². The number of hydrogen-bond acceptors (Lipinski definition) is 2. The summed E-state index contributed by atoms with van der Waals surface area (Å²) in [6, 6.07) is 12.4. The predicted octanol–water partition coefficient (Wildman–Crippen LogP) is 4.55. The van der Waals surface area contributed by atoms with Crippen molar-refractivity contribution in [3.63, 3.8) is 0 Å². The van der Waals surface area contributed by atoms with E-state index in [9.17, 15) is 13.9 Å². The highest BCUT2D eigenvalue weighted by atomic mass is 19.1. The van der Waals surface area contributed by atoms with E-state index in [4.69, 9.17) is 0 Å². The normalized spacial score (nSPS) is 13.6. The van der Waals surface area contributed by atoms with Crippen LogP contribution < -0.4 is 4.90 Å². The molecule has 124 valence electrons. The Labute approximate surface area is 136 Å². The molecule has 2 aromatic rings. The zero-order valence-corrected chi connectivity index (χ0v) is 13.5. The molecule has 2 rings (SSSR count). The van der Waals surface area contributed by atoms with Gasteiger partial charge >= 0.3 is 0 Å². The number of benzene rings is 2. The Morgan fingerprint density at radius 2 is 1.43 bits per heavy atom. The van der Waals surface area contributed by atoms with Crippen molar-refractivity contribution in [1.29, 1.82) is 0 Å². The van der Waals surface area contributed by atoms with Crippen molar-refractivity contribution in [2.75, 3.05) is 18.5 Å². The molecule has 0 aromatic heterocycles. The maximum absolute atomic E-state index is 12.9. The molecule has 0 aliphatic carbocycles. The van der Waals surface area contributed by atoms with Crippen LogP contribution in [0.3, 0.4) is 0 Å². The van der Waals surface area contributed by atoms with E-state index in [-0.39, 0.29) is 11.6 Å². The first-order valence-electron chi connectivity index (χ1n) is 7.86. The van der Waals surface area contributed by atoms with Crippen molar-refractivity contribution in [2.24, 2.45) is 5.92 Å². The van der Waals surface area contributed by atoms with Crippen LogP contribution >= 0.6 is 0 Å². The highest BCUT2D eigenvalue weighted by Crippen LogP contribution is 2.22. The van der Waals surface area contributed by atoms with Crippen LogP contribution in [0.1, 0.15) is 31.4 Å². The predicted molar refractivity (Wildman–Crippen MR) is 89.4 cm³/mol. The summed E-state index contributed by atoms with van der Waals surface area (Å²) in [5.74, 6) is -0.159. The molecule has 2 unspecified atom stereocenters. The molecule has 1 N–H and O–H groups in total. The number of nitrogens with zero attached hydrogens (tertiary/aromatic N) is 1. The molecular formula is C19H23F2NO. The third kappa shape index (κ3) is 5.32. The summed E-state index contributed by atoms with van der Waals surface area (Å²) in [5.41, 5.74) is 1.71. The van der Waals surface area contributed by atoms with E-state index in [1.54, 1.807) is 24.3 Å². The van der Waals surface area contributed by atoms with Crippen LogP contribution in [0, 0.1) is 17.6 Å². The smallest absolute Gasteiger partial charge is 0.123 e. The van der Waals surface area contributed by atoms with Crippen molar-refractivity contribution in [3.05, 3.63) is 65.7 Å². The summed E-state index contributed by atoms with van der Waals surface area (Å²) >= 11 is 0. The first-order chi connectivity index (χ1) is 11.0. The van der Waals surface area contributed by atoms with Gasteiger partial charge in [0.2, 0.25) is 0 Å². The molecule has 0 bridgehead atoms. The van der Waals surface area contributed by atoms with Crippen molar-refractivity contribution in [1.82, 2.24) is 0 Å². The maximum Gasteiger partial charge on any atom is 0.123 e. The summed E-state index contributed by atoms with van der Waals surface area (Å²) in [5, 5.41) is 10.2. The molecule has 0 aliphatic heterocycles. The van der Waals surface area contributed by atoms with Gasteiger partial charge in [-0.3, -0.25) is 0 Å². The van der Waals surface area contributed by atoms with Gasteiger partial charge in [0.1, 0.15) is 11.6 Å². The Morgan fingerprint density at radius 3 is 2.00 bits per heavy atom. The lowest BCUT2D eigenvalue weighted by atomic mass is 9.98. The lowest BCUT2D eigenvalue weighted by Gasteiger charge is -2.24. The fourth-order valence-corrected chi connectivity index (χ4v) is 2.65. The lowest BCUT2D eigenvalue weighted by molar-refractivity contribution is 0.158. The highest BCUT2D eigenvalue weighted by Gasteiger charge is 2.12. The minimum atomic E-state index is -0.575. The summed E-state index contributed by atoms with van der Waals surface area (Å²) in [7, 11) is 1.97. The van der Waals surface area contributed by atoms with Crippen LogP contribution in [-0.4, -0.2) is 18.7 Å². The van der Waals surface area contributed by atoms with Crippen molar-refractivity contribution in [3.8, 4) is 0 Å². The minimum Gasteiger partial charge on any atom is -0.388 e.